The summed E-state index contributed by atoms with van der Waals surface area (Å²) in [6, 6.07) is 18.3. The number of thiazole rings is 1. The van der Waals surface area contributed by atoms with Gasteiger partial charge in [0.2, 0.25) is 5.91 Å². The molecule has 170 valence electrons. The van der Waals surface area contributed by atoms with Crippen molar-refractivity contribution in [3.8, 4) is 11.4 Å². The van der Waals surface area contributed by atoms with Gasteiger partial charge in [0.05, 0.1) is 39.7 Å². The zero-order chi connectivity index (χ0) is 23.7. The molecule has 0 aliphatic heterocycles. The Balaban J connectivity index is 1.43. The summed E-state index contributed by atoms with van der Waals surface area (Å²) < 4.78 is 21.9. The lowest BCUT2D eigenvalue weighted by molar-refractivity contribution is -0.113. The summed E-state index contributed by atoms with van der Waals surface area (Å²) in [6.07, 6.45) is 0. The van der Waals surface area contributed by atoms with E-state index in [0.717, 1.165) is 22.0 Å². The lowest BCUT2D eigenvalue weighted by Gasteiger charge is -2.13. The van der Waals surface area contributed by atoms with E-state index in [1.54, 1.807) is 49.6 Å². The van der Waals surface area contributed by atoms with Crippen molar-refractivity contribution >= 4 is 55.3 Å². The molecule has 0 aliphatic rings. The maximum absolute atomic E-state index is 14.6. The van der Waals surface area contributed by atoms with Crippen LogP contribution >= 0.6 is 23.1 Å². The number of para-hydroxylation sites is 2. The van der Waals surface area contributed by atoms with E-state index < -0.39 is 11.4 Å². The zero-order valence-electron chi connectivity index (χ0n) is 17.8. The van der Waals surface area contributed by atoms with Crippen LogP contribution < -0.4 is 15.6 Å². The zero-order valence-corrected chi connectivity index (χ0v) is 19.5. The molecule has 0 saturated carbocycles. The van der Waals surface area contributed by atoms with E-state index in [1.165, 1.54) is 28.0 Å². The van der Waals surface area contributed by atoms with Gasteiger partial charge in [-0.3, -0.25) is 14.2 Å². The maximum atomic E-state index is 14.6. The molecule has 0 atom stereocenters. The molecule has 2 aromatic heterocycles. The summed E-state index contributed by atoms with van der Waals surface area (Å²) in [4.78, 5) is 34.8. The minimum Gasteiger partial charge on any atom is -0.497 e. The van der Waals surface area contributed by atoms with Gasteiger partial charge in [-0.1, -0.05) is 47.4 Å². The third-order valence-corrected chi connectivity index (χ3v) is 6.88. The van der Waals surface area contributed by atoms with Crippen LogP contribution in [-0.2, 0) is 4.79 Å². The Morgan fingerprint density at radius 1 is 1.09 bits per heavy atom. The predicted molar refractivity (Wildman–Crippen MR) is 133 cm³/mol. The quantitative estimate of drug-likeness (QED) is 0.269. The molecule has 34 heavy (non-hydrogen) atoms. The van der Waals surface area contributed by atoms with E-state index in [1.807, 2.05) is 12.1 Å². The number of amides is 1. The largest absolute Gasteiger partial charge is 0.497 e. The summed E-state index contributed by atoms with van der Waals surface area (Å²) in [5, 5.41) is 3.82. The van der Waals surface area contributed by atoms with Gasteiger partial charge in [-0.2, -0.15) is 0 Å². The van der Waals surface area contributed by atoms with Gasteiger partial charge >= 0.3 is 0 Å². The number of ether oxygens (including phenoxy) is 1. The molecule has 0 fully saturated rings. The number of fused-ring (bicyclic) bond motifs is 2. The van der Waals surface area contributed by atoms with Crippen molar-refractivity contribution < 1.29 is 13.9 Å². The number of aromatic nitrogens is 3. The highest BCUT2D eigenvalue weighted by Crippen LogP contribution is 2.29. The lowest BCUT2D eigenvalue weighted by Crippen LogP contribution is -2.23. The maximum Gasteiger partial charge on any atom is 0.266 e. The highest BCUT2D eigenvalue weighted by Gasteiger charge is 2.17. The minimum absolute atomic E-state index is 0.0432. The smallest absolute Gasteiger partial charge is 0.266 e. The summed E-state index contributed by atoms with van der Waals surface area (Å²) >= 11 is 2.38. The van der Waals surface area contributed by atoms with Gasteiger partial charge in [-0.05, 0) is 42.5 Å². The van der Waals surface area contributed by atoms with Crippen LogP contribution in [0.25, 0.3) is 26.8 Å². The third-order valence-electron chi connectivity index (χ3n) is 5.01. The Morgan fingerprint density at radius 3 is 2.71 bits per heavy atom. The summed E-state index contributed by atoms with van der Waals surface area (Å²) in [5.74, 6) is -0.215. The van der Waals surface area contributed by atoms with E-state index in [4.69, 9.17) is 4.74 Å². The molecule has 5 aromatic rings. The van der Waals surface area contributed by atoms with Crippen molar-refractivity contribution in [1.82, 2.24) is 14.5 Å². The number of nitrogens with zero attached hydrogens (tertiary/aromatic N) is 3. The number of carbonyl (C=O) groups is 1. The molecule has 10 heteroatoms. The number of halogens is 1. The van der Waals surface area contributed by atoms with Crippen LogP contribution in [0.5, 0.6) is 5.75 Å². The molecular weight excluding hydrogens is 475 g/mol. The molecular formula is C24H17FN4O3S2. The van der Waals surface area contributed by atoms with Gasteiger partial charge < -0.3 is 10.1 Å². The van der Waals surface area contributed by atoms with E-state index in [9.17, 15) is 14.0 Å². The fourth-order valence-electron chi connectivity index (χ4n) is 3.43. The average Bonchev–Trinajstić information content (AvgIpc) is 3.25. The second-order valence-electron chi connectivity index (χ2n) is 7.19. The number of hydrogen-bond donors (Lipinski definition) is 1. The van der Waals surface area contributed by atoms with Crippen LogP contribution in [0, 0.1) is 5.82 Å². The number of thioether (sulfide) groups is 1. The minimum atomic E-state index is -0.558. The predicted octanol–water partition coefficient (Wildman–Crippen LogP) is 4.87. The Labute approximate surface area is 201 Å². The molecule has 1 N–H and O–H groups in total. The van der Waals surface area contributed by atoms with Crippen molar-refractivity contribution in [2.45, 2.75) is 5.16 Å². The lowest BCUT2D eigenvalue weighted by atomic mass is 10.2. The molecule has 2 heterocycles. The number of carbonyl (C=O) groups excluding carboxylic acids is 1. The molecule has 0 radical (unpaired) electrons. The standard InChI is InChI=1S/C24H17FN4O3S2/c1-32-14-10-11-18-20(12-14)34-23(26-18)28-21(30)13-33-24-27-17-8-4-2-6-15(17)22(31)29(24)19-9-5-3-7-16(19)25/h2-12H,13H2,1H3,(H,26,28,30). The van der Waals surface area contributed by atoms with Crippen LogP contribution in [0.2, 0.25) is 0 Å². The van der Waals surface area contributed by atoms with Gasteiger partial charge in [0, 0.05) is 0 Å². The molecule has 0 saturated heterocycles. The van der Waals surface area contributed by atoms with Gasteiger partial charge in [-0.25, -0.2) is 14.4 Å². The highest BCUT2D eigenvalue weighted by atomic mass is 32.2. The van der Waals surface area contributed by atoms with E-state index in [0.29, 0.717) is 21.8 Å². The van der Waals surface area contributed by atoms with Crippen LogP contribution in [0.15, 0.2) is 76.7 Å². The first kappa shape index (κ1) is 22.1. The number of hydrogen-bond acceptors (Lipinski definition) is 7. The van der Waals surface area contributed by atoms with Crippen LogP contribution in [-0.4, -0.2) is 33.3 Å². The molecule has 3 aromatic carbocycles. The molecule has 0 spiro atoms. The fraction of sp³-hybridized carbons (Fsp3) is 0.0833. The van der Waals surface area contributed by atoms with E-state index in [2.05, 4.69) is 15.3 Å². The first-order valence-electron chi connectivity index (χ1n) is 10.2. The molecule has 1 amide bonds. The van der Waals surface area contributed by atoms with Gasteiger partial charge in [0.1, 0.15) is 11.6 Å². The third kappa shape index (κ3) is 4.25. The topological polar surface area (TPSA) is 86.1 Å². The molecule has 0 aliphatic carbocycles. The number of anilines is 1. The normalized spacial score (nSPS) is 11.1. The second-order valence-corrected chi connectivity index (χ2v) is 9.17. The molecule has 7 nitrogen and oxygen atoms in total. The number of nitrogens with one attached hydrogen (secondary N) is 1. The van der Waals surface area contributed by atoms with Crippen molar-refractivity contribution in [3.63, 3.8) is 0 Å². The number of benzene rings is 3. The Kier molecular flexibility index (Phi) is 5.99. The van der Waals surface area contributed by atoms with Crippen LogP contribution in [0.3, 0.4) is 0 Å². The van der Waals surface area contributed by atoms with E-state index in [-0.39, 0.29) is 22.5 Å². The Bertz CT molecular complexity index is 1600. The van der Waals surface area contributed by atoms with Crippen LogP contribution in [0.4, 0.5) is 9.52 Å². The SMILES string of the molecule is COc1ccc2nc(NC(=O)CSc3nc4ccccc4c(=O)n3-c3ccccc3F)sc2c1. The summed E-state index contributed by atoms with van der Waals surface area (Å²) in [7, 11) is 1.59. The number of methoxy groups -OCH3 is 1. The van der Waals surface area contributed by atoms with Crippen molar-refractivity contribution in [2.75, 3.05) is 18.2 Å². The summed E-state index contributed by atoms with van der Waals surface area (Å²) in [6.45, 7) is 0. The molecule has 0 unspecified atom stereocenters. The van der Waals surface area contributed by atoms with Crippen molar-refractivity contribution in [1.29, 1.82) is 0 Å². The average molecular weight is 493 g/mol. The Morgan fingerprint density at radius 2 is 1.88 bits per heavy atom. The van der Waals surface area contributed by atoms with Crippen LogP contribution in [0.1, 0.15) is 0 Å². The highest BCUT2D eigenvalue weighted by molar-refractivity contribution is 7.99. The molecule has 0 bridgehead atoms. The monoisotopic (exact) mass is 492 g/mol. The van der Waals surface area contributed by atoms with Gasteiger partial charge in [0.15, 0.2) is 10.3 Å². The second kappa shape index (κ2) is 9.24. The molecule has 5 rings (SSSR count). The first-order chi connectivity index (χ1) is 16.5. The van der Waals surface area contributed by atoms with Gasteiger partial charge in [0.25, 0.3) is 5.56 Å². The first-order valence-corrected chi connectivity index (χ1v) is 12.0. The van der Waals surface area contributed by atoms with E-state index >= 15 is 0 Å². The number of rotatable bonds is 6. The van der Waals surface area contributed by atoms with Crippen molar-refractivity contribution in [3.05, 3.63) is 82.9 Å². The summed E-state index contributed by atoms with van der Waals surface area (Å²) in [5.41, 5.74) is 0.897. The fourth-order valence-corrected chi connectivity index (χ4v) is 5.14. The Hall–Kier alpha value is -3.76. The van der Waals surface area contributed by atoms with Crippen molar-refractivity contribution in [2.24, 2.45) is 0 Å². The van der Waals surface area contributed by atoms with Gasteiger partial charge in [-0.15, -0.1) is 0 Å².